The molecule has 0 aliphatic rings. The Kier molecular flexibility index (Phi) is 4.19. The highest BCUT2D eigenvalue weighted by Gasteiger charge is 2.23. The minimum atomic E-state index is -0.896. The second kappa shape index (κ2) is 5.87. The molecule has 1 atom stereocenters. The Morgan fingerprint density at radius 1 is 1.35 bits per heavy atom. The van der Waals surface area contributed by atoms with E-state index in [2.05, 4.69) is 31.4 Å². The van der Waals surface area contributed by atoms with E-state index in [4.69, 9.17) is 5.73 Å². The number of carbonyl (C=O) groups is 2. The van der Waals surface area contributed by atoms with Gasteiger partial charge in [-0.15, -0.1) is 0 Å². The topological polar surface area (TPSA) is 101 Å². The summed E-state index contributed by atoms with van der Waals surface area (Å²) in [7, 11) is 0. The van der Waals surface area contributed by atoms with E-state index in [9.17, 15) is 9.59 Å². The third-order valence-electron chi connectivity index (χ3n) is 2.78. The first kappa shape index (κ1) is 14.3. The Hall–Kier alpha value is -2.15. The molecule has 0 radical (unpaired) electrons. The van der Waals surface area contributed by atoms with Crippen molar-refractivity contribution in [3.8, 4) is 0 Å². The first-order chi connectivity index (χ1) is 9.50. The van der Waals surface area contributed by atoms with Crippen molar-refractivity contribution in [2.24, 2.45) is 5.73 Å². The minimum absolute atomic E-state index is 0.185. The van der Waals surface area contributed by atoms with Gasteiger partial charge in [-0.2, -0.15) is 5.10 Å². The van der Waals surface area contributed by atoms with Crippen molar-refractivity contribution in [1.29, 1.82) is 0 Å². The molecule has 0 saturated carbocycles. The van der Waals surface area contributed by atoms with Crippen molar-refractivity contribution in [3.63, 3.8) is 0 Å². The molecule has 0 saturated heterocycles. The van der Waals surface area contributed by atoms with Gasteiger partial charge in [-0.3, -0.25) is 14.7 Å². The molecule has 2 rings (SSSR count). The third kappa shape index (κ3) is 2.88. The number of aromatic nitrogens is 2. The maximum absolute atomic E-state index is 12.1. The SMILES string of the molecule is Cc1[nH]nc(C(=O)NC(C(N)=O)c2ccccc2)c1Br. The zero-order valence-electron chi connectivity index (χ0n) is 10.7. The molecule has 1 aromatic heterocycles. The average molecular weight is 337 g/mol. The lowest BCUT2D eigenvalue weighted by Crippen LogP contribution is -2.37. The molecular formula is C13H13BrN4O2. The van der Waals surface area contributed by atoms with Crippen molar-refractivity contribution >= 4 is 27.7 Å². The molecule has 4 N–H and O–H groups in total. The normalized spacial score (nSPS) is 11.9. The van der Waals surface area contributed by atoms with Gasteiger partial charge in [-0.05, 0) is 28.4 Å². The predicted octanol–water partition coefficient (Wildman–Crippen LogP) is 1.44. The maximum atomic E-state index is 12.1. The predicted molar refractivity (Wildman–Crippen MR) is 76.9 cm³/mol. The van der Waals surface area contributed by atoms with Crippen molar-refractivity contribution in [1.82, 2.24) is 15.5 Å². The smallest absolute Gasteiger partial charge is 0.273 e. The van der Waals surface area contributed by atoms with Crippen molar-refractivity contribution < 1.29 is 9.59 Å². The van der Waals surface area contributed by atoms with Gasteiger partial charge in [0, 0.05) is 5.69 Å². The molecule has 0 aliphatic heterocycles. The monoisotopic (exact) mass is 336 g/mol. The molecule has 0 fully saturated rings. The average Bonchev–Trinajstić information content (AvgIpc) is 2.77. The standard InChI is InChI=1S/C13H13BrN4O2/c1-7-9(14)11(18-17-7)13(20)16-10(12(15)19)8-5-3-2-4-6-8/h2-6,10H,1H3,(H2,15,19)(H,16,20)(H,17,18). The molecule has 2 amide bonds. The van der Waals surface area contributed by atoms with Crippen LogP contribution < -0.4 is 11.1 Å². The summed E-state index contributed by atoms with van der Waals surface area (Å²) >= 11 is 3.26. The number of amides is 2. The van der Waals surface area contributed by atoms with E-state index in [1.165, 1.54) is 0 Å². The molecule has 20 heavy (non-hydrogen) atoms. The molecule has 104 valence electrons. The quantitative estimate of drug-likeness (QED) is 0.787. The van der Waals surface area contributed by atoms with Gasteiger partial charge in [0.15, 0.2) is 5.69 Å². The van der Waals surface area contributed by atoms with Gasteiger partial charge in [-0.1, -0.05) is 30.3 Å². The number of aryl methyl sites for hydroxylation is 1. The highest BCUT2D eigenvalue weighted by Crippen LogP contribution is 2.19. The summed E-state index contributed by atoms with van der Waals surface area (Å²) in [5.74, 6) is -1.11. The van der Waals surface area contributed by atoms with Crippen LogP contribution in [0.3, 0.4) is 0 Å². The van der Waals surface area contributed by atoms with E-state index >= 15 is 0 Å². The van der Waals surface area contributed by atoms with Crippen LogP contribution in [0, 0.1) is 6.92 Å². The number of aromatic amines is 1. The van der Waals surface area contributed by atoms with Gasteiger partial charge < -0.3 is 11.1 Å². The number of rotatable bonds is 4. The molecule has 1 aromatic carbocycles. The lowest BCUT2D eigenvalue weighted by molar-refractivity contribution is -0.120. The fourth-order valence-electron chi connectivity index (χ4n) is 1.73. The number of hydrogen-bond acceptors (Lipinski definition) is 3. The molecule has 2 aromatic rings. The van der Waals surface area contributed by atoms with Gasteiger partial charge in [0.1, 0.15) is 6.04 Å². The summed E-state index contributed by atoms with van der Waals surface area (Å²) in [6.45, 7) is 1.77. The summed E-state index contributed by atoms with van der Waals surface area (Å²) in [6, 6.07) is 7.91. The molecular weight excluding hydrogens is 324 g/mol. The number of H-pyrrole nitrogens is 1. The van der Waals surface area contributed by atoms with E-state index < -0.39 is 17.9 Å². The number of hydrogen-bond donors (Lipinski definition) is 3. The van der Waals surface area contributed by atoms with Crippen LogP contribution in [-0.2, 0) is 4.79 Å². The highest BCUT2D eigenvalue weighted by atomic mass is 79.9. The second-order valence-electron chi connectivity index (χ2n) is 4.23. The molecule has 0 bridgehead atoms. The van der Waals surface area contributed by atoms with Crippen molar-refractivity contribution in [3.05, 3.63) is 51.8 Å². The summed E-state index contributed by atoms with van der Waals surface area (Å²) < 4.78 is 0.561. The third-order valence-corrected chi connectivity index (χ3v) is 3.75. The fraction of sp³-hybridized carbons (Fsp3) is 0.154. The lowest BCUT2D eigenvalue weighted by atomic mass is 10.1. The van der Waals surface area contributed by atoms with Gasteiger partial charge >= 0.3 is 0 Å². The van der Waals surface area contributed by atoms with Crippen molar-refractivity contribution in [2.75, 3.05) is 0 Å². The summed E-state index contributed by atoms with van der Waals surface area (Å²) in [6.07, 6.45) is 0. The number of benzene rings is 1. The Balaban J connectivity index is 2.24. The highest BCUT2D eigenvalue weighted by molar-refractivity contribution is 9.10. The number of nitrogens with zero attached hydrogens (tertiary/aromatic N) is 1. The number of nitrogens with one attached hydrogen (secondary N) is 2. The van der Waals surface area contributed by atoms with Gasteiger partial charge in [-0.25, -0.2) is 0 Å². The number of primary amides is 1. The zero-order chi connectivity index (χ0) is 14.7. The first-order valence-electron chi connectivity index (χ1n) is 5.86. The molecule has 1 heterocycles. The Morgan fingerprint density at radius 3 is 2.50 bits per heavy atom. The van der Waals surface area contributed by atoms with Crippen LogP contribution in [0.25, 0.3) is 0 Å². The number of carbonyl (C=O) groups excluding carboxylic acids is 2. The molecule has 0 spiro atoms. The fourth-order valence-corrected chi connectivity index (χ4v) is 2.09. The van der Waals surface area contributed by atoms with Crippen LogP contribution in [-0.4, -0.2) is 22.0 Å². The van der Waals surface area contributed by atoms with Crippen LogP contribution in [0.4, 0.5) is 0 Å². The van der Waals surface area contributed by atoms with Crippen LogP contribution in [0.1, 0.15) is 27.8 Å². The van der Waals surface area contributed by atoms with E-state index in [0.29, 0.717) is 10.0 Å². The van der Waals surface area contributed by atoms with Crippen LogP contribution in [0.15, 0.2) is 34.8 Å². The Bertz CT molecular complexity index is 639. The summed E-state index contributed by atoms with van der Waals surface area (Å²) in [4.78, 5) is 23.7. The minimum Gasteiger partial charge on any atom is -0.368 e. The van der Waals surface area contributed by atoms with Gasteiger partial charge in [0.2, 0.25) is 5.91 Å². The van der Waals surface area contributed by atoms with Crippen LogP contribution in [0.5, 0.6) is 0 Å². The number of halogens is 1. The van der Waals surface area contributed by atoms with E-state index in [0.717, 1.165) is 5.69 Å². The Labute approximate surface area is 123 Å². The van der Waals surface area contributed by atoms with E-state index in [-0.39, 0.29) is 5.69 Å². The van der Waals surface area contributed by atoms with E-state index in [1.54, 1.807) is 31.2 Å². The van der Waals surface area contributed by atoms with Gasteiger partial charge in [0.05, 0.1) is 4.47 Å². The molecule has 0 aliphatic carbocycles. The lowest BCUT2D eigenvalue weighted by Gasteiger charge is -2.15. The van der Waals surface area contributed by atoms with Crippen LogP contribution >= 0.6 is 15.9 Å². The Morgan fingerprint density at radius 2 is 2.00 bits per heavy atom. The van der Waals surface area contributed by atoms with Crippen LogP contribution in [0.2, 0.25) is 0 Å². The van der Waals surface area contributed by atoms with Gasteiger partial charge in [0.25, 0.3) is 5.91 Å². The summed E-state index contributed by atoms with van der Waals surface area (Å²) in [5, 5.41) is 9.15. The number of nitrogens with two attached hydrogens (primary N) is 1. The zero-order valence-corrected chi connectivity index (χ0v) is 12.3. The van der Waals surface area contributed by atoms with E-state index in [1.807, 2.05) is 6.07 Å². The maximum Gasteiger partial charge on any atom is 0.273 e. The summed E-state index contributed by atoms with van der Waals surface area (Å²) in [5.41, 5.74) is 6.88. The van der Waals surface area contributed by atoms with Crippen molar-refractivity contribution in [2.45, 2.75) is 13.0 Å². The molecule has 7 heteroatoms. The largest absolute Gasteiger partial charge is 0.368 e. The second-order valence-corrected chi connectivity index (χ2v) is 5.02. The molecule has 6 nitrogen and oxygen atoms in total. The molecule has 1 unspecified atom stereocenters. The first-order valence-corrected chi connectivity index (χ1v) is 6.65.